The summed E-state index contributed by atoms with van der Waals surface area (Å²) in [6.07, 6.45) is 5.85. The number of carbonyl (C=O) groups is 1. The fourth-order valence-corrected chi connectivity index (χ4v) is 4.58. The van der Waals surface area contributed by atoms with Gasteiger partial charge in [0, 0.05) is 50.4 Å². The summed E-state index contributed by atoms with van der Waals surface area (Å²) in [5.74, 6) is 1.86. The number of carbonyl (C=O) groups excluding carboxylic acids is 1. The molecule has 2 aliphatic heterocycles. The largest absolute Gasteiger partial charge is 0.497 e. The zero-order valence-electron chi connectivity index (χ0n) is 16.7. The van der Waals surface area contributed by atoms with Gasteiger partial charge in [-0.15, -0.1) is 0 Å². The number of rotatable bonds is 5. The molecule has 1 unspecified atom stereocenters. The third kappa shape index (κ3) is 3.35. The van der Waals surface area contributed by atoms with Crippen LogP contribution in [0.3, 0.4) is 0 Å². The summed E-state index contributed by atoms with van der Waals surface area (Å²) in [5, 5.41) is 7.69. The second-order valence-electron chi connectivity index (χ2n) is 7.62. The highest BCUT2D eigenvalue weighted by Gasteiger charge is 2.41. The highest BCUT2D eigenvalue weighted by atomic mass is 16.5. The van der Waals surface area contributed by atoms with Crippen LogP contribution in [0.5, 0.6) is 11.5 Å². The molecule has 2 saturated heterocycles. The van der Waals surface area contributed by atoms with Crippen molar-refractivity contribution in [3.63, 3.8) is 0 Å². The standard InChI is InChI=1S/C21H28N4O3/c1-24-13-14(10-23-24)17-11-22-12-18(17)21(26)25-8-4-5-19(25)16-7-6-15(27-2)9-20(16)28-3/h6-7,9-10,13,17-19,22H,4-5,8,11-12H2,1-3H3/t17-,18+,19?/m1/s1. The first-order valence-electron chi connectivity index (χ1n) is 9.84. The molecule has 0 spiro atoms. The Kier molecular flexibility index (Phi) is 5.26. The van der Waals surface area contributed by atoms with Crippen molar-refractivity contribution in [2.24, 2.45) is 13.0 Å². The van der Waals surface area contributed by atoms with Crippen LogP contribution in [0.1, 0.15) is 35.9 Å². The fourth-order valence-electron chi connectivity index (χ4n) is 4.58. The van der Waals surface area contributed by atoms with E-state index in [1.54, 1.807) is 18.9 Å². The Hall–Kier alpha value is -2.54. The van der Waals surface area contributed by atoms with Crippen LogP contribution in [-0.2, 0) is 11.8 Å². The molecule has 7 nitrogen and oxygen atoms in total. The van der Waals surface area contributed by atoms with Crippen LogP contribution in [0.2, 0.25) is 0 Å². The quantitative estimate of drug-likeness (QED) is 0.855. The second kappa shape index (κ2) is 7.83. The third-order valence-corrected chi connectivity index (χ3v) is 6.02. The highest BCUT2D eigenvalue weighted by Crippen LogP contribution is 2.41. The first kappa shape index (κ1) is 18.8. The number of methoxy groups -OCH3 is 2. The Labute approximate surface area is 165 Å². The Morgan fingerprint density at radius 1 is 1.25 bits per heavy atom. The molecule has 0 aliphatic carbocycles. The van der Waals surface area contributed by atoms with Crippen molar-refractivity contribution in [2.45, 2.75) is 24.8 Å². The van der Waals surface area contributed by atoms with E-state index in [1.165, 1.54) is 0 Å². The van der Waals surface area contributed by atoms with Gasteiger partial charge in [0.25, 0.3) is 0 Å². The first-order chi connectivity index (χ1) is 13.6. The molecule has 1 aromatic carbocycles. The van der Waals surface area contributed by atoms with Crippen LogP contribution in [0.4, 0.5) is 0 Å². The molecule has 28 heavy (non-hydrogen) atoms. The molecule has 4 rings (SSSR count). The van der Waals surface area contributed by atoms with Gasteiger partial charge in [0.1, 0.15) is 11.5 Å². The molecule has 7 heteroatoms. The van der Waals surface area contributed by atoms with E-state index in [-0.39, 0.29) is 23.8 Å². The van der Waals surface area contributed by atoms with Crippen molar-refractivity contribution in [3.05, 3.63) is 41.7 Å². The summed E-state index contributed by atoms with van der Waals surface area (Å²) in [6.45, 7) is 2.31. The van der Waals surface area contributed by atoms with E-state index in [1.807, 2.05) is 42.5 Å². The van der Waals surface area contributed by atoms with Crippen molar-refractivity contribution < 1.29 is 14.3 Å². The van der Waals surface area contributed by atoms with Gasteiger partial charge in [-0.3, -0.25) is 9.48 Å². The minimum absolute atomic E-state index is 0.0449. The maximum Gasteiger partial charge on any atom is 0.228 e. The Morgan fingerprint density at radius 3 is 2.82 bits per heavy atom. The number of nitrogens with zero attached hydrogens (tertiary/aromatic N) is 3. The predicted molar refractivity (Wildman–Crippen MR) is 106 cm³/mol. The number of benzene rings is 1. The summed E-state index contributed by atoms with van der Waals surface area (Å²) < 4.78 is 12.7. The van der Waals surface area contributed by atoms with Crippen LogP contribution < -0.4 is 14.8 Å². The zero-order valence-corrected chi connectivity index (χ0v) is 16.7. The monoisotopic (exact) mass is 384 g/mol. The smallest absolute Gasteiger partial charge is 0.228 e. The minimum Gasteiger partial charge on any atom is -0.497 e. The lowest BCUT2D eigenvalue weighted by molar-refractivity contribution is -0.136. The number of likely N-dealkylation sites (tertiary alicyclic amines) is 1. The molecule has 3 heterocycles. The molecule has 2 fully saturated rings. The molecule has 2 aliphatic rings. The van der Waals surface area contributed by atoms with E-state index < -0.39 is 0 Å². The van der Waals surface area contributed by atoms with Crippen LogP contribution in [0, 0.1) is 5.92 Å². The molecule has 150 valence electrons. The van der Waals surface area contributed by atoms with Crippen molar-refractivity contribution in [1.29, 1.82) is 0 Å². The van der Waals surface area contributed by atoms with Gasteiger partial charge in [-0.2, -0.15) is 5.10 Å². The van der Waals surface area contributed by atoms with Crippen molar-refractivity contribution >= 4 is 5.91 Å². The van der Waals surface area contributed by atoms with Gasteiger partial charge in [0.15, 0.2) is 0 Å². The van der Waals surface area contributed by atoms with Crippen molar-refractivity contribution in [3.8, 4) is 11.5 Å². The van der Waals surface area contributed by atoms with Crippen molar-refractivity contribution in [1.82, 2.24) is 20.0 Å². The number of ether oxygens (including phenoxy) is 2. The number of nitrogens with one attached hydrogen (secondary N) is 1. The molecule has 1 N–H and O–H groups in total. The third-order valence-electron chi connectivity index (χ3n) is 6.02. The lowest BCUT2D eigenvalue weighted by atomic mass is 9.89. The SMILES string of the molecule is COc1ccc(C2CCCN2C(=O)[C@H]2CNC[C@@H]2c2cnn(C)c2)c(OC)c1. The van der Waals surface area contributed by atoms with Crippen LogP contribution in [-0.4, -0.2) is 54.4 Å². The molecule has 3 atom stereocenters. The highest BCUT2D eigenvalue weighted by molar-refractivity contribution is 5.81. The number of amides is 1. The van der Waals surface area contributed by atoms with E-state index >= 15 is 0 Å². The maximum atomic E-state index is 13.5. The zero-order chi connectivity index (χ0) is 19.7. The average molecular weight is 384 g/mol. The van der Waals surface area contributed by atoms with Crippen molar-refractivity contribution in [2.75, 3.05) is 33.9 Å². The lowest BCUT2D eigenvalue weighted by Crippen LogP contribution is -2.38. The predicted octanol–water partition coefficient (Wildman–Crippen LogP) is 2.10. The molecule has 2 aromatic rings. The van der Waals surface area contributed by atoms with E-state index in [4.69, 9.17) is 9.47 Å². The summed E-state index contributed by atoms with van der Waals surface area (Å²) in [5.41, 5.74) is 2.18. The van der Waals surface area contributed by atoms with Crippen LogP contribution in [0.25, 0.3) is 0 Å². The summed E-state index contributed by atoms with van der Waals surface area (Å²) in [6, 6.07) is 5.91. The minimum atomic E-state index is -0.0611. The van der Waals surface area contributed by atoms with Gasteiger partial charge in [0.2, 0.25) is 5.91 Å². The molecule has 0 saturated carbocycles. The molecule has 1 aromatic heterocycles. The second-order valence-corrected chi connectivity index (χ2v) is 7.62. The maximum absolute atomic E-state index is 13.5. The van der Waals surface area contributed by atoms with E-state index in [9.17, 15) is 4.79 Å². The molecular formula is C21H28N4O3. The molecule has 0 radical (unpaired) electrons. The van der Waals surface area contributed by atoms with Crippen LogP contribution >= 0.6 is 0 Å². The van der Waals surface area contributed by atoms with Crippen LogP contribution in [0.15, 0.2) is 30.6 Å². The molecule has 1 amide bonds. The van der Waals surface area contributed by atoms with Gasteiger partial charge in [-0.25, -0.2) is 0 Å². The lowest BCUT2D eigenvalue weighted by Gasteiger charge is -2.30. The van der Waals surface area contributed by atoms with Gasteiger partial charge in [-0.1, -0.05) is 0 Å². The van der Waals surface area contributed by atoms with Gasteiger partial charge in [0.05, 0.1) is 32.4 Å². The normalized spacial score (nSPS) is 24.5. The Bertz CT molecular complexity index is 850. The molecule has 0 bridgehead atoms. The van der Waals surface area contributed by atoms with Gasteiger partial charge in [-0.05, 0) is 30.5 Å². The van der Waals surface area contributed by atoms with Gasteiger partial charge < -0.3 is 19.7 Å². The number of hydrogen-bond acceptors (Lipinski definition) is 5. The summed E-state index contributed by atoms with van der Waals surface area (Å²) in [7, 11) is 5.22. The van der Waals surface area contributed by atoms with E-state index in [0.717, 1.165) is 48.6 Å². The first-order valence-corrected chi connectivity index (χ1v) is 9.84. The Balaban J connectivity index is 1.59. The van der Waals surface area contributed by atoms with Gasteiger partial charge >= 0.3 is 0 Å². The number of hydrogen-bond donors (Lipinski definition) is 1. The number of aryl methyl sites for hydroxylation is 1. The van der Waals surface area contributed by atoms with E-state index in [0.29, 0.717) is 6.54 Å². The van der Waals surface area contributed by atoms with E-state index in [2.05, 4.69) is 10.4 Å². The summed E-state index contributed by atoms with van der Waals surface area (Å²) >= 11 is 0. The average Bonchev–Trinajstić information content (AvgIpc) is 3.46. The molecular weight excluding hydrogens is 356 g/mol. The Morgan fingerprint density at radius 2 is 2.11 bits per heavy atom. The number of aromatic nitrogens is 2. The summed E-state index contributed by atoms with van der Waals surface area (Å²) in [4.78, 5) is 15.6. The topological polar surface area (TPSA) is 68.6 Å². The fraction of sp³-hybridized carbons (Fsp3) is 0.524.